The van der Waals surface area contributed by atoms with Crippen molar-refractivity contribution >= 4 is 33.6 Å². The first kappa shape index (κ1) is 23.6. The predicted molar refractivity (Wildman–Crippen MR) is 125 cm³/mol. The van der Waals surface area contributed by atoms with Crippen LogP contribution in [0, 0.1) is 13.8 Å². The Morgan fingerprint density at radius 2 is 1.79 bits per heavy atom. The van der Waals surface area contributed by atoms with Crippen LogP contribution in [0.1, 0.15) is 16.8 Å². The van der Waals surface area contributed by atoms with E-state index in [1.807, 2.05) is 19.1 Å². The Hall–Kier alpha value is -3.51. The average molecular weight is 487 g/mol. The maximum Gasteiger partial charge on any atom is 0.345 e. The highest BCUT2D eigenvalue weighted by Gasteiger charge is 2.30. The van der Waals surface area contributed by atoms with Crippen molar-refractivity contribution in [3.8, 4) is 0 Å². The molecule has 1 aromatic carbocycles. The molecule has 3 heterocycles. The van der Waals surface area contributed by atoms with Crippen molar-refractivity contribution in [1.29, 1.82) is 0 Å². The molecule has 0 bridgehead atoms. The normalized spacial score (nSPS) is 17.7. The van der Waals surface area contributed by atoms with E-state index in [4.69, 9.17) is 4.74 Å². The number of hydrogen-bond acceptors (Lipinski definition) is 6. The fourth-order valence-corrected chi connectivity index (χ4v) is 4.49. The zero-order chi connectivity index (χ0) is 24.5. The number of nitrogens with zero attached hydrogens (tertiary/aromatic N) is 5. The summed E-state index contributed by atoms with van der Waals surface area (Å²) in [6, 6.07) is 8.79. The third kappa shape index (κ3) is 5.02. The number of aryl methyl sites for hydroxylation is 2. The number of anilines is 1. The Bertz CT molecular complexity index is 1270. The second-order valence-corrected chi connectivity index (χ2v) is 9.72. The number of likely N-dealkylation sites (N-methyl/N-ethyl adjacent to an activating group) is 1. The number of ether oxygens (including phenoxy) is 1. The van der Waals surface area contributed by atoms with Crippen LogP contribution >= 0.6 is 0 Å². The smallest absolute Gasteiger partial charge is 0.345 e. The van der Waals surface area contributed by atoms with Gasteiger partial charge in [0.15, 0.2) is 5.82 Å². The van der Waals surface area contributed by atoms with E-state index in [1.165, 1.54) is 17.8 Å². The lowest BCUT2D eigenvalue weighted by molar-refractivity contribution is -0.136. The van der Waals surface area contributed by atoms with E-state index in [0.717, 1.165) is 9.87 Å². The molecule has 1 fully saturated rings. The van der Waals surface area contributed by atoms with Gasteiger partial charge in [-0.15, -0.1) is 4.40 Å². The van der Waals surface area contributed by atoms with Crippen LogP contribution in [0.5, 0.6) is 0 Å². The molecule has 0 unspecified atom stereocenters. The van der Waals surface area contributed by atoms with E-state index >= 15 is 0 Å². The topological polar surface area (TPSA) is 126 Å². The van der Waals surface area contributed by atoms with Gasteiger partial charge in [0.25, 0.3) is 5.91 Å². The minimum absolute atomic E-state index is 0.0307. The van der Waals surface area contributed by atoms with Gasteiger partial charge >= 0.3 is 10.2 Å². The van der Waals surface area contributed by atoms with Gasteiger partial charge in [-0.05, 0) is 19.9 Å². The third-order valence-corrected chi connectivity index (χ3v) is 6.94. The number of carbonyl (C=O) groups excluding carboxylic acids is 2. The molecule has 2 aliphatic heterocycles. The Labute approximate surface area is 197 Å². The van der Waals surface area contributed by atoms with Crippen LogP contribution in [0.3, 0.4) is 0 Å². The molecule has 1 saturated heterocycles. The zero-order valence-electron chi connectivity index (χ0n) is 19.2. The van der Waals surface area contributed by atoms with Crippen molar-refractivity contribution in [2.24, 2.45) is 4.40 Å². The Balaban J connectivity index is 1.52. The Morgan fingerprint density at radius 3 is 2.47 bits per heavy atom. The van der Waals surface area contributed by atoms with Gasteiger partial charge in [0.2, 0.25) is 5.91 Å². The lowest BCUT2D eigenvalue weighted by Gasteiger charge is -2.26. The van der Waals surface area contributed by atoms with Gasteiger partial charge in [0, 0.05) is 37.5 Å². The van der Waals surface area contributed by atoms with Crippen molar-refractivity contribution < 1.29 is 22.7 Å². The maximum atomic E-state index is 13.0. The molecule has 4 rings (SSSR count). The van der Waals surface area contributed by atoms with E-state index in [9.17, 15) is 18.0 Å². The number of aromatic nitrogens is 2. The summed E-state index contributed by atoms with van der Waals surface area (Å²) in [5.41, 5.74) is 2.34. The summed E-state index contributed by atoms with van der Waals surface area (Å²) in [4.78, 5) is 27.2. The number of benzene rings is 1. The summed E-state index contributed by atoms with van der Waals surface area (Å²) < 4.78 is 36.6. The van der Waals surface area contributed by atoms with Crippen LogP contribution in [0.4, 0.5) is 5.82 Å². The number of hydrogen-bond donors (Lipinski definition) is 1. The van der Waals surface area contributed by atoms with Crippen molar-refractivity contribution in [2.75, 3.05) is 38.7 Å². The predicted octanol–water partition coefficient (Wildman–Crippen LogP) is 0.861. The third-order valence-electron chi connectivity index (χ3n) is 5.62. The minimum Gasteiger partial charge on any atom is -0.378 e. The lowest BCUT2D eigenvalue weighted by Crippen LogP contribution is -2.42. The van der Waals surface area contributed by atoms with Gasteiger partial charge in [0.05, 0.1) is 18.9 Å². The highest BCUT2D eigenvalue weighted by Crippen LogP contribution is 2.21. The largest absolute Gasteiger partial charge is 0.378 e. The molecule has 12 heteroatoms. The number of carbonyl (C=O) groups is 2. The molecule has 0 aliphatic carbocycles. The Morgan fingerprint density at radius 1 is 1.12 bits per heavy atom. The van der Waals surface area contributed by atoms with E-state index in [2.05, 4.69) is 14.8 Å². The van der Waals surface area contributed by atoms with Crippen LogP contribution in [-0.2, 0) is 31.1 Å². The molecule has 0 atom stereocenters. The number of rotatable bonds is 5. The van der Waals surface area contributed by atoms with Crippen molar-refractivity contribution in [3.63, 3.8) is 0 Å². The van der Waals surface area contributed by atoms with Crippen molar-refractivity contribution in [1.82, 2.24) is 19.0 Å². The molecule has 11 nitrogen and oxygen atoms in total. The van der Waals surface area contributed by atoms with E-state index in [-0.39, 0.29) is 29.7 Å². The summed E-state index contributed by atoms with van der Waals surface area (Å²) in [5, 5.41) is 6.94. The van der Waals surface area contributed by atoms with Crippen molar-refractivity contribution in [2.45, 2.75) is 20.4 Å². The summed E-state index contributed by atoms with van der Waals surface area (Å²) in [6.07, 6.45) is 1.42. The van der Waals surface area contributed by atoms with Gasteiger partial charge in [-0.25, -0.2) is 4.31 Å². The summed E-state index contributed by atoms with van der Waals surface area (Å²) in [7, 11) is -2.82. The van der Waals surface area contributed by atoms with Gasteiger partial charge in [-0.3, -0.25) is 14.3 Å². The molecular weight excluding hydrogens is 460 g/mol. The van der Waals surface area contributed by atoms with Crippen LogP contribution in [0.25, 0.3) is 0 Å². The average Bonchev–Trinajstić information content (AvgIpc) is 3.14. The number of allylic oxidation sites excluding steroid dienone is 1. The fraction of sp³-hybridized carbons (Fsp3) is 0.364. The van der Waals surface area contributed by atoms with Crippen LogP contribution < -0.4 is 5.32 Å². The first-order chi connectivity index (χ1) is 16.1. The van der Waals surface area contributed by atoms with Gasteiger partial charge < -0.3 is 15.0 Å². The molecule has 34 heavy (non-hydrogen) atoms. The standard InChI is InChI=1S/C22H26N6O5S/c1-15-4-6-17(7-5-15)18-13-19(26(3)34(31,32)25-18)22(30)23-20-12-16(2)28(24-20)14-21(29)27-8-10-33-11-9-27/h4-7,12-13H,8-11,14H2,1-3H3,(H,23,24,30). The second kappa shape index (κ2) is 9.39. The highest BCUT2D eigenvalue weighted by molar-refractivity contribution is 7.88. The minimum atomic E-state index is -4.08. The summed E-state index contributed by atoms with van der Waals surface area (Å²) >= 11 is 0. The van der Waals surface area contributed by atoms with E-state index in [0.29, 0.717) is 37.6 Å². The number of nitrogens with one attached hydrogen (secondary N) is 1. The molecule has 0 saturated carbocycles. The first-order valence-electron chi connectivity index (χ1n) is 10.7. The molecule has 1 aromatic heterocycles. The quantitative estimate of drug-likeness (QED) is 0.668. The Kier molecular flexibility index (Phi) is 6.53. The first-order valence-corrected chi connectivity index (χ1v) is 12.1. The maximum absolute atomic E-state index is 13.0. The van der Waals surface area contributed by atoms with Crippen LogP contribution in [-0.4, -0.2) is 78.3 Å². The highest BCUT2D eigenvalue weighted by atomic mass is 32.2. The van der Waals surface area contributed by atoms with Gasteiger partial charge in [0.1, 0.15) is 12.2 Å². The lowest BCUT2D eigenvalue weighted by atomic mass is 10.1. The molecule has 0 spiro atoms. The van der Waals surface area contributed by atoms with E-state index < -0.39 is 16.1 Å². The second-order valence-electron chi connectivity index (χ2n) is 8.09. The van der Waals surface area contributed by atoms with E-state index in [1.54, 1.807) is 30.0 Å². The van der Waals surface area contributed by atoms with Gasteiger partial charge in [-0.1, -0.05) is 29.8 Å². The molecule has 180 valence electrons. The van der Waals surface area contributed by atoms with Crippen molar-refractivity contribution in [3.05, 3.63) is 58.9 Å². The van der Waals surface area contributed by atoms with Gasteiger partial charge in [-0.2, -0.15) is 13.5 Å². The molecule has 1 N–H and O–H groups in total. The summed E-state index contributed by atoms with van der Waals surface area (Å²) in [6.45, 7) is 5.79. The molecular formula is C22H26N6O5S. The SMILES string of the molecule is Cc1ccc(C2=NS(=O)(=O)N(C)C(C(=O)Nc3cc(C)n(CC(=O)N4CCOCC4)n3)=C2)cc1. The molecule has 2 aromatic rings. The fourth-order valence-electron chi connectivity index (χ4n) is 3.58. The zero-order valence-corrected chi connectivity index (χ0v) is 20.0. The van der Waals surface area contributed by atoms with Crippen LogP contribution in [0.2, 0.25) is 0 Å². The molecule has 2 amide bonds. The monoisotopic (exact) mass is 486 g/mol. The molecule has 0 radical (unpaired) electrons. The van der Waals surface area contributed by atoms with Crippen LogP contribution in [0.15, 0.2) is 46.5 Å². The summed E-state index contributed by atoms with van der Waals surface area (Å²) in [5.74, 6) is -0.537. The molecule has 2 aliphatic rings. The number of morpholine rings is 1. The number of amides is 2.